The van der Waals surface area contributed by atoms with Crippen molar-refractivity contribution in [1.82, 2.24) is 5.32 Å². The number of amides is 1. The Bertz CT molecular complexity index is 522. The molecule has 0 spiro atoms. The van der Waals surface area contributed by atoms with E-state index in [2.05, 4.69) is 26.1 Å². The molecule has 1 amide bonds. The summed E-state index contributed by atoms with van der Waals surface area (Å²) < 4.78 is 5.59. The van der Waals surface area contributed by atoms with Crippen molar-refractivity contribution in [3.05, 3.63) is 28.3 Å². The van der Waals surface area contributed by atoms with Gasteiger partial charge in [-0.15, -0.1) is 0 Å². The van der Waals surface area contributed by atoms with Crippen molar-refractivity contribution >= 4 is 17.5 Å². The van der Waals surface area contributed by atoms with Crippen LogP contribution in [0.5, 0.6) is 5.75 Å². The summed E-state index contributed by atoms with van der Waals surface area (Å²) >= 11 is 6.13. The van der Waals surface area contributed by atoms with Crippen molar-refractivity contribution in [2.75, 3.05) is 6.61 Å². The molecule has 0 radical (unpaired) electrons. The Kier molecular flexibility index (Phi) is 5.91. The highest BCUT2D eigenvalue weighted by Crippen LogP contribution is 2.27. The largest absolute Gasteiger partial charge is 0.484 e. The SMILES string of the molecule is Cc1cc(OCC(=O)NC(C)(C)CC(C)(C)C)cc(C)c1Cl. The maximum absolute atomic E-state index is 12.1. The van der Waals surface area contributed by atoms with Crippen molar-refractivity contribution in [2.24, 2.45) is 5.41 Å². The van der Waals surface area contributed by atoms with Crippen LogP contribution in [0.2, 0.25) is 5.02 Å². The normalized spacial score (nSPS) is 12.2. The molecule has 1 aromatic rings. The molecule has 0 atom stereocenters. The summed E-state index contributed by atoms with van der Waals surface area (Å²) in [6.07, 6.45) is 0.894. The van der Waals surface area contributed by atoms with Crippen molar-refractivity contribution in [3.8, 4) is 5.75 Å². The number of benzene rings is 1. The van der Waals surface area contributed by atoms with Crippen LogP contribution < -0.4 is 10.1 Å². The highest BCUT2D eigenvalue weighted by molar-refractivity contribution is 6.32. The molecule has 4 heteroatoms. The second-order valence-corrected chi connectivity index (χ2v) is 8.21. The van der Waals surface area contributed by atoms with Gasteiger partial charge in [0.1, 0.15) is 5.75 Å². The fraction of sp³-hybridized carbons (Fsp3) is 0.611. The monoisotopic (exact) mass is 325 g/mol. The summed E-state index contributed by atoms with van der Waals surface area (Å²) in [5, 5.41) is 3.77. The van der Waals surface area contributed by atoms with Gasteiger partial charge in [-0.3, -0.25) is 4.79 Å². The predicted octanol–water partition coefficient (Wildman–Crippen LogP) is 4.67. The van der Waals surface area contributed by atoms with E-state index in [0.29, 0.717) is 5.75 Å². The lowest BCUT2D eigenvalue weighted by Gasteiger charge is -2.33. The third kappa shape index (κ3) is 6.27. The van der Waals surface area contributed by atoms with Gasteiger partial charge in [-0.2, -0.15) is 0 Å². The predicted molar refractivity (Wildman–Crippen MR) is 92.7 cm³/mol. The van der Waals surface area contributed by atoms with E-state index < -0.39 is 0 Å². The van der Waals surface area contributed by atoms with Gasteiger partial charge in [0.2, 0.25) is 0 Å². The number of hydrogen-bond donors (Lipinski definition) is 1. The maximum Gasteiger partial charge on any atom is 0.258 e. The van der Waals surface area contributed by atoms with E-state index in [4.69, 9.17) is 16.3 Å². The number of hydrogen-bond acceptors (Lipinski definition) is 2. The first kappa shape index (κ1) is 18.8. The highest BCUT2D eigenvalue weighted by Gasteiger charge is 2.27. The smallest absolute Gasteiger partial charge is 0.258 e. The summed E-state index contributed by atoms with van der Waals surface area (Å²) in [4.78, 5) is 12.1. The first-order valence-electron chi connectivity index (χ1n) is 7.60. The Morgan fingerprint density at radius 1 is 1.14 bits per heavy atom. The fourth-order valence-electron chi connectivity index (χ4n) is 2.92. The van der Waals surface area contributed by atoms with Gasteiger partial charge in [-0.25, -0.2) is 0 Å². The van der Waals surface area contributed by atoms with Gasteiger partial charge < -0.3 is 10.1 Å². The maximum atomic E-state index is 12.1. The number of carbonyl (C=O) groups is 1. The molecule has 124 valence electrons. The van der Waals surface area contributed by atoms with Gasteiger partial charge in [-0.1, -0.05) is 32.4 Å². The van der Waals surface area contributed by atoms with Crippen molar-refractivity contribution < 1.29 is 9.53 Å². The van der Waals surface area contributed by atoms with Gasteiger partial charge in [0.05, 0.1) is 0 Å². The molecular weight excluding hydrogens is 298 g/mol. The zero-order valence-corrected chi connectivity index (χ0v) is 15.5. The van der Waals surface area contributed by atoms with Gasteiger partial charge in [0.25, 0.3) is 5.91 Å². The molecule has 1 rings (SSSR count). The molecule has 0 aliphatic rings. The van der Waals surface area contributed by atoms with E-state index in [9.17, 15) is 4.79 Å². The highest BCUT2D eigenvalue weighted by atomic mass is 35.5. The van der Waals surface area contributed by atoms with E-state index in [1.54, 1.807) is 0 Å². The van der Waals surface area contributed by atoms with E-state index in [1.807, 2.05) is 39.8 Å². The third-order valence-corrected chi connectivity index (χ3v) is 3.83. The van der Waals surface area contributed by atoms with Crippen LogP contribution >= 0.6 is 11.6 Å². The summed E-state index contributed by atoms with van der Waals surface area (Å²) in [6, 6.07) is 3.70. The number of aryl methyl sites for hydroxylation is 2. The topological polar surface area (TPSA) is 38.3 Å². The van der Waals surface area contributed by atoms with Crippen LogP contribution in [0.1, 0.15) is 52.2 Å². The van der Waals surface area contributed by atoms with Crippen LogP contribution in [-0.2, 0) is 4.79 Å². The van der Waals surface area contributed by atoms with Crippen LogP contribution in [0.4, 0.5) is 0 Å². The molecule has 1 N–H and O–H groups in total. The van der Waals surface area contributed by atoms with Crippen molar-refractivity contribution in [1.29, 1.82) is 0 Å². The van der Waals surface area contributed by atoms with Crippen LogP contribution in [0, 0.1) is 19.3 Å². The Hall–Kier alpha value is -1.22. The van der Waals surface area contributed by atoms with Gasteiger partial charge >= 0.3 is 0 Å². The Morgan fingerprint density at radius 2 is 1.64 bits per heavy atom. The van der Waals surface area contributed by atoms with Crippen LogP contribution in [0.3, 0.4) is 0 Å². The van der Waals surface area contributed by atoms with Crippen molar-refractivity contribution in [2.45, 2.75) is 60.4 Å². The molecule has 0 heterocycles. The summed E-state index contributed by atoms with van der Waals surface area (Å²) in [6.45, 7) is 14.4. The number of rotatable bonds is 5. The Labute approximate surface area is 139 Å². The molecular formula is C18H28ClNO2. The van der Waals surface area contributed by atoms with E-state index >= 15 is 0 Å². The first-order valence-corrected chi connectivity index (χ1v) is 7.98. The molecule has 3 nitrogen and oxygen atoms in total. The second-order valence-electron chi connectivity index (χ2n) is 7.83. The molecule has 0 aliphatic heterocycles. The lowest BCUT2D eigenvalue weighted by Crippen LogP contribution is -2.47. The lowest BCUT2D eigenvalue weighted by molar-refractivity contribution is -0.125. The van der Waals surface area contributed by atoms with Crippen LogP contribution in [0.25, 0.3) is 0 Å². The summed E-state index contributed by atoms with van der Waals surface area (Å²) in [5.74, 6) is 0.558. The second kappa shape index (κ2) is 6.91. The zero-order chi connectivity index (χ0) is 17.1. The van der Waals surface area contributed by atoms with E-state index in [-0.39, 0.29) is 23.5 Å². The average molecular weight is 326 g/mol. The lowest BCUT2D eigenvalue weighted by atomic mass is 9.82. The minimum Gasteiger partial charge on any atom is -0.484 e. The Balaban J connectivity index is 2.60. The molecule has 0 unspecified atom stereocenters. The quantitative estimate of drug-likeness (QED) is 0.854. The first-order chi connectivity index (χ1) is 9.89. The van der Waals surface area contributed by atoms with Gasteiger partial charge in [0.15, 0.2) is 6.61 Å². The van der Waals surface area contributed by atoms with E-state index in [0.717, 1.165) is 22.6 Å². The summed E-state index contributed by atoms with van der Waals surface area (Å²) in [7, 11) is 0. The fourth-order valence-corrected chi connectivity index (χ4v) is 3.03. The van der Waals surface area contributed by atoms with E-state index in [1.165, 1.54) is 0 Å². The van der Waals surface area contributed by atoms with Crippen molar-refractivity contribution in [3.63, 3.8) is 0 Å². The molecule has 0 aliphatic carbocycles. The van der Waals surface area contributed by atoms with Gasteiger partial charge in [0, 0.05) is 10.6 Å². The number of halogens is 1. The van der Waals surface area contributed by atoms with Gasteiger partial charge in [-0.05, 0) is 62.8 Å². The number of nitrogens with one attached hydrogen (secondary N) is 1. The molecule has 0 aromatic heterocycles. The molecule has 22 heavy (non-hydrogen) atoms. The minimum absolute atomic E-state index is 0.00802. The van der Waals surface area contributed by atoms with Crippen LogP contribution in [0.15, 0.2) is 12.1 Å². The summed E-state index contributed by atoms with van der Waals surface area (Å²) in [5.41, 5.74) is 1.79. The molecule has 0 fully saturated rings. The number of carbonyl (C=O) groups excluding carboxylic acids is 1. The van der Waals surface area contributed by atoms with Crippen LogP contribution in [-0.4, -0.2) is 18.1 Å². The zero-order valence-electron chi connectivity index (χ0n) is 14.8. The molecule has 0 bridgehead atoms. The average Bonchev–Trinajstić information content (AvgIpc) is 2.29. The minimum atomic E-state index is -0.259. The Morgan fingerprint density at radius 3 is 2.09 bits per heavy atom. The molecule has 0 saturated heterocycles. The standard InChI is InChI=1S/C18H28ClNO2/c1-12-8-14(9-13(2)16(12)19)22-10-15(21)20-18(6,7)11-17(3,4)5/h8-9H,10-11H2,1-7H3,(H,20,21). The molecule has 1 aromatic carbocycles. The third-order valence-electron chi connectivity index (χ3n) is 3.23. The number of ether oxygens (including phenoxy) is 1. The molecule has 0 saturated carbocycles.